The molecule has 0 aliphatic carbocycles. The first-order valence-corrected chi connectivity index (χ1v) is 8.17. The Labute approximate surface area is 117 Å². The zero-order valence-corrected chi connectivity index (χ0v) is 11.9. The van der Waals surface area contributed by atoms with Crippen LogP contribution in [0.15, 0.2) is 18.2 Å². The number of anilines is 1. The highest BCUT2D eigenvalue weighted by molar-refractivity contribution is 7.91. The van der Waals surface area contributed by atoms with Crippen LogP contribution in [0.25, 0.3) is 0 Å². The summed E-state index contributed by atoms with van der Waals surface area (Å²) in [6.45, 7) is 0.842. The van der Waals surface area contributed by atoms with Gasteiger partial charge in [0.1, 0.15) is 10.8 Å². The fourth-order valence-corrected chi connectivity index (χ4v) is 3.49. The van der Waals surface area contributed by atoms with E-state index in [1.165, 1.54) is 6.07 Å². The van der Waals surface area contributed by atoms with Crippen molar-refractivity contribution in [3.8, 4) is 0 Å². The second-order valence-corrected chi connectivity index (χ2v) is 7.27. The van der Waals surface area contributed by atoms with Crippen LogP contribution in [0.1, 0.15) is 12.0 Å². The van der Waals surface area contributed by atoms with E-state index < -0.39 is 15.7 Å². The standard InChI is InChI=1S/C12H15FN2O2S2/c13-10-8-9(12(14)18)2-3-11(10)15-4-1-6-19(16,17)7-5-15/h2-3,8H,1,4-7H2,(H2,14,18). The molecule has 4 nitrogen and oxygen atoms in total. The number of hydrogen-bond acceptors (Lipinski definition) is 4. The summed E-state index contributed by atoms with van der Waals surface area (Å²) < 4.78 is 37.1. The third kappa shape index (κ3) is 3.42. The first-order valence-electron chi connectivity index (χ1n) is 5.94. The Morgan fingerprint density at radius 1 is 1.32 bits per heavy atom. The zero-order chi connectivity index (χ0) is 14.0. The Morgan fingerprint density at radius 3 is 2.68 bits per heavy atom. The number of nitrogens with zero attached hydrogens (tertiary/aromatic N) is 1. The SMILES string of the molecule is NC(=S)c1ccc(N2CCCS(=O)(=O)CC2)c(F)c1. The predicted molar refractivity (Wildman–Crippen MR) is 77.8 cm³/mol. The summed E-state index contributed by atoms with van der Waals surface area (Å²) in [5.74, 6) is -0.204. The normalized spacial score (nSPS) is 18.9. The highest BCUT2D eigenvalue weighted by atomic mass is 32.2. The molecule has 2 N–H and O–H groups in total. The number of hydrogen-bond donors (Lipinski definition) is 1. The highest BCUT2D eigenvalue weighted by Crippen LogP contribution is 2.22. The van der Waals surface area contributed by atoms with Crippen LogP contribution in [0.3, 0.4) is 0 Å². The molecule has 1 aliphatic heterocycles. The number of halogens is 1. The fraction of sp³-hybridized carbons (Fsp3) is 0.417. The Kier molecular flexibility index (Phi) is 4.05. The number of sulfone groups is 1. The third-order valence-electron chi connectivity index (χ3n) is 3.13. The van der Waals surface area contributed by atoms with Gasteiger partial charge < -0.3 is 10.6 Å². The van der Waals surface area contributed by atoms with Gasteiger partial charge in [0, 0.05) is 18.7 Å². The van der Waals surface area contributed by atoms with Gasteiger partial charge in [0.15, 0.2) is 9.84 Å². The van der Waals surface area contributed by atoms with Gasteiger partial charge in [0.05, 0.1) is 17.2 Å². The largest absolute Gasteiger partial charge is 0.389 e. The maximum absolute atomic E-state index is 14.0. The molecular formula is C12H15FN2O2S2. The fourth-order valence-electron chi connectivity index (χ4n) is 2.10. The maximum atomic E-state index is 14.0. The molecule has 0 unspecified atom stereocenters. The Balaban J connectivity index is 2.25. The van der Waals surface area contributed by atoms with Gasteiger partial charge in [-0.15, -0.1) is 0 Å². The summed E-state index contributed by atoms with van der Waals surface area (Å²) in [4.78, 5) is 1.90. The second-order valence-electron chi connectivity index (χ2n) is 4.52. The van der Waals surface area contributed by atoms with E-state index in [4.69, 9.17) is 18.0 Å². The maximum Gasteiger partial charge on any atom is 0.152 e. The van der Waals surface area contributed by atoms with Crippen LogP contribution in [0, 0.1) is 5.82 Å². The average Bonchev–Trinajstić information content (AvgIpc) is 2.50. The van der Waals surface area contributed by atoms with Gasteiger partial charge in [-0.05, 0) is 24.6 Å². The summed E-state index contributed by atoms with van der Waals surface area (Å²) in [6.07, 6.45) is 0.513. The molecule has 1 aliphatic rings. The third-order valence-corrected chi connectivity index (χ3v) is 5.08. The minimum Gasteiger partial charge on any atom is -0.389 e. The van der Waals surface area contributed by atoms with Crippen LogP contribution in [0.5, 0.6) is 0 Å². The van der Waals surface area contributed by atoms with E-state index in [-0.39, 0.29) is 16.5 Å². The van der Waals surface area contributed by atoms with Crippen molar-refractivity contribution < 1.29 is 12.8 Å². The summed E-state index contributed by atoms with van der Waals surface area (Å²) in [5.41, 5.74) is 6.31. The summed E-state index contributed by atoms with van der Waals surface area (Å²) in [7, 11) is -3.00. The monoisotopic (exact) mass is 302 g/mol. The van der Waals surface area contributed by atoms with Crippen molar-refractivity contribution in [1.82, 2.24) is 0 Å². The average molecular weight is 302 g/mol. The number of rotatable bonds is 2. The van der Waals surface area contributed by atoms with Gasteiger partial charge in [-0.1, -0.05) is 12.2 Å². The molecule has 0 radical (unpaired) electrons. The lowest BCUT2D eigenvalue weighted by molar-refractivity contribution is 0.596. The smallest absolute Gasteiger partial charge is 0.152 e. The highest BCUT2D eigenvalue weighted by Gasteiger charge is 2.21. The predicted octanol–water partition coefficient (Wildman–Crippen LogP) is 1.08. The molecule has 19 heavy (non-hydrogen) atoms. The molecule has 104 valence electrons. The molecule has 0 atom stereocenters. The summed E-state index contributed by atoms with van der Waals surface area (Å²) in [5, 5.41) is 0. The van der Waals surface area contributed by atoms with Crippen molar-refractivity contribution in [2.75, 3.05) is 29.5 Å². The first-order chi connectivity index (χ1) is 8.89. The molecule has 0 aromatic heterocycles. The lowest BCUT2D eigenvalue weighted by Crippen LogP contribution is -2.27. The van der Waals surface area contributed by atoms with Gasteiger partial charge in [0.25, 0.3) is 0 Å². The van der Waals surface area contributed by atoms with Crippen molar-refractivity contribution >= 4 is 32.7 Å². The van der Waals surface area contributed by atoms with Crippen LogP contribution in [0.4, 0.5) is 10.1 Å². The lowest BCUT2D eigenvalue weighted by atomic mass is 10.1. The van der Waals surface area contributed by atoms with Crippen LogP contribution in [-0.2, 0) is 9.84 Å². The minimum atomic E-state index is -3.00. The van der Waals surface area contributed by atoms with E-state index in [0.29, 0.717) is 30.8 Å². The van der Waals surface area contributed by atoms with Gasteiger partial charge >= 0.3 is 0 Å². The molecule has 0 bridgehead atoms. The molecule has 0 spiro atoms. The molecule has 1 aromatic rings. The van der Waals surface area contributed by atoms with Crippen LogP contribution < -0.4 is 10.6 Å². The number of benzene rings is 1. The number of thiocarbonyl (C=S) groups is 1. The topological polar surface area (TPSA) is 63.4 Å². The van der Waals surface area contributed by atoms with Gasteiger partial charge in [-0.2, -0.15) is 0 Å². The Morgan fingerprint density at radius 2 is 2.05 bits per heavy atom. The van der Waals surface area contributed by atoms with Crippen LogP contribution >= 0.6 is 12.2 Å². The van der Waals surface area contributed by atoms with Crippen molar-refractivity contribution in [3.63, 3.8) is 0 Å². The van der Waals surface area contributed by atoms with Crippen LogP contribution in [-0.4, -0.2) is 38.0 Å². The van der Waals surface area contributed by atoms with E-state index in [0.717, 1.165) is 0 Å². The van der Waals surface area contributed by atoms with Crippen molar-refractivity contribution in [1.29, 1.82) is 0 Å². The lowest BCUT2D eigenvalue weighted by Gasteiger charge is -2.22. The molecule has 1 heterocycles. The molecule has 2 rings (SSSR count). The Bertz CT molecular complexity index is 602. The van der Waals surface area contributed by atoms with Crippen molar-refractivity contribution in [3.05, 3.63) is 29.6 Å². The van der Waals surface area contributed by atoms with Gasteiger partial charge in [-0.25, -0.2) is 12.8 Å². The molecule has 0 saturated carbocycles. The molecule has 1 aromatic carbocycles. The van der Waals surface area contributed by atoms with E-state index in [2.05, 4.69) is 0 Å². The van der Waals surface area contributed by atoms with Gasteiger partial charge in [-0.3, -0.25) is 0 Å². The van der Waals surface area contributed by atoms with E-state index in [9.17, 15) is 12.8 Å². The molecule has 0 amide bonds. The summed E-state index contributed by atoms with van der Waals surface area (Å²) in [6, 6.07) is 4.54. The zero-order valence-electron chi connectivity index (χ0n) is 10.3. The number of nitrogens with two attached hydrogens (primary N) is 1. The Hall–Kier alpha value is -1.21. The van der Waals surface area contributed by atoms with E-state index in [1.807, 2.05) is 0 Å². The molecular weight excluding hydrogens is 287 g/mol. The van der Waals surface area contributed by atoms with E-state index in [1.54, 1.807) is 17.0 Å². The minimum absolute atomic E-state index is 0.0590. The second kappa shape index (κ2) is 5.42. The molecule has 1 saturated heterocycles. The quantitative estimate of drug-likeness (QED) is 0.829. The van der Waals surface area contributed by atoms with Crippen molar-refractivity contribution in [2.24, 2.45) is 5.73 Å². The molecule has 7 heteroatoms. The van der Waals surface area contributed by atoms with E-state index >= 15 is 0 Å². The first kappa shape index (κ1) is 14.2. The van der Waals surface area contributed by atoms with Gasteiger partial charge in [0.2, 0.25) is 0 Å². The summed E-state index contributed by atoms with van der Waals surface area (Å²) >= 11 is 4.79. The van der Waals surface area contributed by atoms with Crippen molar-refractivity contribution in [2.45, 2.75) is 6.42 Å². The van der Waals surface area contributed by atoms with Crippen LogP contribution in [0.2, 0.25) is 0 Å². The molecule has 1 fully saturated rings.